The SMILES string of the molecule is CCCS(=O)(=O)c1ccc(N(CC(=O)OC)C(C)C)cc1. The van der Waals surface area contributed by atoms with Crippen molar-refractivity contribution in [2.75, 3.05) is 24.3 Å². The third-order valence-corrected chi connectivity index (χ3v) is 5.09. The van der Waals surface area contributed by atoms with E-state index in [1.807, 2.05) is 25.7 Å². The molecule has 0 aromatic heterocycles. The summed E-state index contributed by atoms with van der Waals surface area (Å²) in [4.78, 5) is 13.6. The van der Waals surface area contributed by atoms with Crippen LogP contribution in [0, 0.1) is 0 Å². The predicted molar refractivity (Wildman–Crippen MR) is 83.3 cm³/mol. The van der Waals surface area contributed by atoms with E-state index in [0.717, 1.165) is 5.69 Å². The highest BCUT2D eigenvalue weighted by molar-refractivity contribution is 7.91. The first kappa shape index (κ1) is 17.5. The van der Waals surface area contributed by atoms with Gasteiger partial charge < -0.3 is 9.64 Å². The van der Waals surface area contributed by atoms with Gasteiger partial charge in [-0.1, -0.05) is 6.92 Å². The Morgan fingerprint density at radius 2 is 1.81 bits per heavy atom. The summed E-state index contributed by atoms with van der Waals surface area (Å²) in [5.74, 6) is -0.186. The molecule has 0 aliphatic rings. The second kappa shape index (κ2) is 7.45. The first-order valence-corrected chi connectivity index (χ1v) is 8.63. The average Bonchev–Trinajstić information content (AvgIpc) is 2.44. The number of anilines is 1. The molecular formula is C15H23NO4S. The Labute approximate surface area is 126 Å². The molecule has 0 saturated carbocycles. The van der Waals surface area contributed by atoms with Crippen molar-refractivity contribution in [3.63, 3.8) is 0 Å². The summed E-state index contributed by atoms with van der Waals surface area (Å²) < 4.78 is 28.7. The van der Waals surface area contributed by atoms with Crippen LogP contribution >= 0.6 is 0 Å². The number of nitrogens with zero attached hydrogens (tertiary/aromatic N) is 1. The van der Waals surface area contributed by atoms with Gasteiger partial charge in [0, 0.05) is 11.7 Å². The number of methoxy groups -OCH3 is 1. The van der Waals surface area contributed by atoms with Crippen LogP contribution in [-0.2, 0) is 19.4 Å². The monoisotopic (exact) mass is 313 g/mol. The lowest BCUT2D eigenvalue weighted by Gasteiger charge is -2.27. The minimum Gasteiger partial charge on any atom is -0.468 e. The van der Waals surface area contributed by atoms with Gasteiger partial charge in [-0.2, -0.15) is 0 Å². The molecule has 1 aromatic rings. The summed E-state index contributed by atoms with van der Waals surface area (Å²) in [6.45, 7) is 5.90. The van der Waals surface area contributed by atoms with Crippen LogP contribution in [0.1, 0.15) is 27.2 Å². The lowest BCUT2D eigenvalue weighted by molar-refractivity contribution is -0.139. The molecule has 0 radical (unpaired) electrons. The van der Waals surface area contributed by atoms with Crippen molar-refractivity contribution in [3.05, 3.63) is 24.3 Å². The molecule has 0 atom stereocenters. The van der Waals surface area contributed by atoms with Crippen molar-refractivity contribution in [1.82, 2.24) is 0 Å². The Bertz CT molecular complexity index is 564. The Balaban J connectivity index is 3.01. The molecule has 6 heteroatoms. The number of carbonyl (C=O) groups excluding carboxylic acids is 1. The van der Waals surface area contributed by atoms with Gasteiger partial charge in [0.05, 0.1) is 17.8 Å². The molecule has 0 fully saturated rings. The minimum absolute atomic E-state index is 0.0993. The van der Waals surface area contributed by atoms with Gasteiger partial charge in [-0.15, -0.1) is 0 Å². The predicted octanol–water partition coefficient (Wildman–Crippen LogP) is 2.26. The zero-order chi connectivity index (χ0) is 16.0. The molecule has 0 saturated heterocycles. The Kier molecular flexibility index (Phi) is 6.20. The molecule has 5 nitrogen and oxygen atoms in total. The molecule has 0 amide bonds. The van der Waals surface area contributed by atoms with E-state index in [0.29, 0.717) is 11.3 Å². The molecule has 0 aliphatic heterocycles. The van der Waals surface area contributed by atoms with E-state index < -0.39 is 9.84 Å². The zero-order valence-corrected chi connectivity index (χ0v) is 13.8. The molecule has 0 spiro atoms. The zero-order valence-electron chi connectivity index (χ0n) is 13.0. The van der Waals surface area contributed by atoms with Crippen LogP contribution in [0.4, 0.5) is 5.69 Å². The van der Waals surface area contributed by atoms with Crippen molar-refractivity contribution in [3.8, 4) is 0 Å². The molecule has 0 unspecified atom stereocenters. The highest BCUT2D eigenvalue weighted by Crippen LogP contribution is 2.21. The van der Waals surface area contributed by atoms with Crippen molar-refractivity contribution < 1.29 is 17.9 Å². The molecule has 0 heterocycles. The normalized spacial score (nSPS) is 11.5. The quantitative estimate of drug-likeness (QED) is 0.723. The van der Waals surface area contributed by atoms with Gasteiger partial charge in [-0.3, -0.25) is 4.79 Å². The molecule has 118 valence electrons. The first-order valence-electron chi connectivity index (χ1n) is 6.98. The molecule has 0 bridgehead atoms. The number of sulfone groups is 1. The number of rotatable bonds is 7. The van der Waals surface area contributed by atoms with Gasteiger partial charge in [0.25, 0.3) is 0 Å². The van der Waals surface area contributed by atoms with Crippen molar-refractivity contribution in [1.29, 1.82) is 0 Å². The Morgan fingerprint density at radius 1 is 1.24 bits per heavy atom. The van der Waals surface area contributed by atoms with E-state index in [9.17, 15) is 13.2 Å². The van der Waals surface area contributed by atoms with E-state index in [4.69, 9.17) is 0 Å². The first-order chi connectivity index (χ1) is 9.81. The molecule has 0 aliphatic carbocycles. The van der Waals surface area contributed by atoms with Gasteiger partial charge in [0.15, 0.2) is 9.84 Å². The topological polar surface area (TPSA) is 63.7 Å². The molecule has 21 heavy (non-hydrogen) atoms. The van der Waals surface area contributed by atoms with Crippen LogP contribution in [0.3, 0.4) is 0 Å². The fraction of sp³-hybridized carbons (Fsp3) is 0.533. The number of ether oxygens (including phenoxy) is 1. The summed E-state index contributed by atoms with van der Waals surface area (Å²) in [6, 6.07) is 6.74. The maximum atomic E-state index is 12.0. The van der Waals surface area contributed by atoms with Crippen LogP contribution in [0.5, 0.6) is 0 Å². The Morgan fingerprint density at radius 3 is 2.24 bits per heavy atom. The number of hydrogen-bond donors (Lipinski definition) is 0. The van der Waals surface area contributed by atoms with Crippen molar-refractivity contribution in [2.45, 2.75) is 38.1 Å². The number of carbonyl (C=O) groups is 1. The lowest BCUT2D eigenvalue weighted by atomic mass is 10.2. The molecule has 0 N–H and O–H groups in total. The number of hydrogen-bond acceptors (Lipinski definition) is 5. The van der Waals surface area contributed by atoms with Crippen LogP contribution in [0.25, 0.3) is 0 Å². The highest BCUT2D eigenvalue weighted by Gasteiger charge is 2.17. The lowest BCUT2D eigenvalue weighted by Crippen LogP contribution is -2.36. The van der Waals surface area contributed by atoms with Crippen LogP contribution in [0.2, 0.25) is 0 Å². The van der Waals surface area contributed by atoms with E-state index in [1.165, 1.54) is 7.11 Å². The van der Waals surface area contributed by atoms with E-state index in [1.54, 1.807) is 24.3 Å². The second-order valence-electron chi connectivity index (χ2n) is 5.11. The van der Waals surface area contributed by atoms with E-state index in [2.05, 4.69) is 4.74 Å². The smallest absolute Gasteiger partial charge is 0.325 e. The summed E-state index contributed by atoms with van der Waals surface area (Å²) in [5, 5.41) is 0. The van der Waals surface area contributed by atoms with Gasteiger partial charge in [-0.05, 0) is 44.5 Å². The van der Waals surface area contributed by atoms with Crippen molar-refractivity contribution in [2.24, 2.45) is 0 Å². The summed E-state index contributed by atoms with van der Waals surface area (Å²) in [5.41, 5.74) is 0.797. The van der Waals surface area contributed by atoms with Crippen molar-refractivity contribution >= 4 is 21.5 Å². The number of benzene rings is 1. The van der Waals surface area contributed by atoms with Gasteiger partial charge in [0.1, 0.15) is 6.54 Å². The van der Waals surface area contributed by atoms with Gasteiger partial charge in [0.2, 0.25) is 0 Å². The van der Waals surface area contributed by atoms with Crippen LogP contribution in [0.15, 0.2) is 29.2 Å². The summed E-state index contributed by atoms with van der Waals surface area (Å²) in [6.07, 6.45) is 0.588. The second-order valence-corrected chi connectivity index (χ2v) is 7.22. The molecule has 1 rings (SSSR count). The third kappa shape index (κ3) is 4.74. The Hall–Kier alpha value is -1.56. The summed E-state index contributed by atoms with van der Waals surface area (Å²) >= 11 is 0. The molecular weight excluding hydrogens is 290 g/mol. The van der Waals surface area contributed by atoms with Gasteiger partial charge >= 0.3 is 5.97 Å². The maximum Gasteiger partial charge on any atom is 0.325 e. The largest absolute Gasteiger partial charge is 0.468 e. The number of esters is 1. The van der Waals surface area contributed by atoms with Crippen LogP contribution in [-0.4, -0.2) is 39.8 Å². The van der Waals surface area contributed by atoms with E-state index >= 15 is 0 Å². The average molecular weight is 313 g/mol. The highest BCUT2D eigenvalue weighted by atomic mass is 32.2. The maximum absolute atomic E-state index is 12.0. The fourth-order valence-corrected chi connectivity index (χ4v) is 3.33. The summed E-state index contributed by atoms with van der Waals surface area (Å²) in [7, 11) is -1.86. The molecule has 1 aromatic carbocycles. The third-order valence-electron chi connectivity index (χ3n) is 3.15. The standard InChI is InChI=1S/C15H23NO4S/c1-5-10-21(18,19)14-8-6-13(7-9-14)16(12(2)3)11-15(17)20-4/h6-9,12H,5,10-11H2,1-4H3. The fourth-order valence-electron chi connectivity index (χ4n) is 2.01. The van der Waals surface area contributed by atoms with Gasteiger partial charge in [-0.25, -0.2) is 8.42 Å². The van der Waals surface area contributed by atoms with E-state index in [-0.39, 0.29) is 24.3 Å². The minimum atomic E-state index is -3.21. The van der Waals surface area contributed by atoms with Crippen LogP contribution < -0.4 is 4.90 Å².